The van der Waals surface area contributed by atoms with Gasteiger partial charge in [0.1, 0.15) is 11.4 Å². The molecule has 136 valence electrons. The van der Waals surface area contributed by atoms with E-state index in [2.05, 4.69) is 16.4 Å². The number of carbonyl (C=O) groups is 1. The monoisotopic (exact) mass is 379 g/mol. The van der Waals surface area contributed by atoms with E-state index < -0.39 is 0 Å². The van der Waals surface area contributed by atoms with Gasteiger partial charge in [0.05, 0.1) is 12.8 Å². The first-order chi connectivity index (χ1) is 13.2. The topological polar surface area (TPSA) is 54.5 Å². The van der Waals surface area contributed by atoms with Crippen LogP contribution in [0.2, 0.25) is 5.02 Å². The number of benzene rings is 2. The Labute approximate surface area is 162 Å². The predicted molar refractivity (Wildman–Crippen MR) is 107 cm³/mol. The molecule has 0 atom stereocenters. The highest BCUT2D eigenvalue weighted by Crippen LogP contribution is 2.31. The number of nitrogens with zero attached hydrogens (tertiary/aromatic N) is 2. The van der Waals surface area contributed by atoms with Crippen molar-refractivity contribution in [1.82, 2.24) is 4.98 Å². The fourth-order valence-corrected chi connectivity index (χ4v) is 3.42. The van der Waals surface area contributed by atoms with Crippen LogP contribution in [0.5, 0.6) is 5.75 Å². The zero-order valence-corrected chi connectivity index (χ0v) is 15.5. The molecule has 0 bridgehead atoms. The van der Waals surface area contributed by atoms with E-state index in [0.717, 1.165) is 23.5 Å². The summed E-state index contributed by atoms with van der Waals surface area (Å²) in [5, 5.41) is 3.84. The molecule has 4 rings (SSSR count). The predicted octanol–water partition coefficient (Wildman–Crippen LogP) is 4.69. The van der Waals surface area contributed by atoms with Gasteiger partial charge in [0, 0.05) is 29.1 Å². The summed E-state index contributed by atoms with van der Waals surface area (Å²) in [6.45, 7) is 0.666. The first kappa shape index (κ1) is 17.4. The van der Waals surface area contributed by atoms with Crippen LogP contribution in [0.1, 0.15) is 16.1 Å². The minimum absolute atomic E-state index is 0.110. The molecule has 0 saturated heterocycles. The van der Waals surface area contributed by atoms with Crippen LogP contribution >= 0.6 is 11.6 Å². The number of pyridine rings is 1. The molecule has 0 spiro atoms. The molecule has 1 N–H and O–H groups in total. The molecule has 3 aromatic rings. The zero-order chi connectivity index (χ0) is 18.8. The van der Waals surface area contributed by atoms with Crippen LogP contribution in [0, 0.1) is 0 Å². The minimum Gasteiger partial charge on any atom is -0.495 e. The molecule has 27 heavy (non-hydrogen) atoms. The molecular weight excluding hydrogens is 362 g/mol. The van der Waals surface area contributed by atoms with Gasteiger partial charge in [-0.05, 0) is 48.4 Å². The average Bonchev–Trinajstić information content (AvgIpc) is 3.12. The normalized spacial score (nSPS) is 12.6. The van der Waals surface area contributed by atoms with Gasteiger partial charge in [-0.1, -0.05) is 29.8 Å². The van der Waals surface area contributed by atoms with E-state index in [1.165, 1.54) is 5.56 Å². The number of methoxy groups -OCH3 is 1. The number of anilines is 3. The quantitative estimate of drug-likeness (QED) is 0.714. The Morgan fingerprint density at radius 1 is 1.19 bits per heavy atom. The second-order valence-corrected chi connectivity index (χ2v) is 6.67. The number of hydrogen-bond acceptors (Lipinski definition) is 4. The molecule has 1 aromatic heterocycles. The van der Waals surface area contributed by atoms with E-state index >= 15 is 0 Å². The Morgan fingerprint density at radius 2 is 2.04 bits per heavy atom. The van der Waals surface area contributed by atoms with Crippen molar-refractivity contribution < 1.29 is 9.53 Å². The van der Waals surface area contributed by atoms with Crippen molar-refractivity contribution in [3.63, 3.8) is 0 Å². The molecule has 1 aliphatic rings. The van der Waals surface area contributed by atoms with Gasteiger partial charge < -0.3 is 15.0 Å². The highest BCUT2D eigenvalue weighted by atomic mass is 35.5. The number of ether oxygens (including phenoxy) is 1. The van der Waals surface area contributed by atoms with Crippen molar-refractivity contribution in [3.8, 4) is 5.75 Å². The van der Waals surface area contributed by atoms with E-state index in [1.54, 1.807) is 48.5 Å². The highest BCUT2D eigenvalue weighted by Gasteiger charge is 2.26. The van der Waals surface area contributed by atoms with Gasteiger partial charge in [-0.15, -0.1) is 0 Å². The van der Waals surface area contributed by atoms with Gasteiger partial charge in [-0.3, -0.25) is 9.78 Å². The summed E-state index contributed by atoms with van der Waals surface area (Å²) < 4.78 is 5.36. The van der Waals surface area contributed by atoms with E-state index in [0.29, 0.717) is 23.0 Å². The van der Waals surface area contributed by atoms with Crippen LogP contribution < -0.4 is 15.0 Å². The second-order valence-electron chi connectivity index (χ2n) is 6.23. The molecule has 2 aromatic carbocycles. The number of carbonyl (C=O) groups excluding carboxylic acids is 1. The third-order valence-corrected chi connectivity index (χ3v) is 4.79. The third-order valence-electron chi connectivity index (χ3n) is 4.55. The van der Waals surface area contributed by atoms with E-state index in [9.17, 15) is 4.79 Å². The molecular formula is C21H18ClN3O2. The maximum atomic E-state index is 13.0. The number of fused-ring (bicyclic) bond motifs is 1. The van der Waals surface area contributed by atoms with Crippen LogP contribution in [0.25, 0.3) is 0 Å². The largest absolute Gasteiger partial charge is 0.495 e. The summed E-state index contributed by atoms with van der Waals surface area (Å²) in [6, 6.07) is 16.8. The van der Waals surface area contributed by atoms with E-state index in [-0.39, 0.29) is 5.91 Å². The van der Waals surface area contributed by atoms with E-state index in [4.69, 9.17) is 16.3 Å². The van der Waals surface area contributed by atoms with Gasteiger partial charge in [0.2, 0.25) is 0 Å². The fraction of sp³-hybridized carbons (Fsp3) is 0.143. The number of amides is 1. The Balaban J connectivity index is 1.60. The average molecular weight is 380 g/mol. The maximum Gasteiger partial charge on any atom is 0.276 e. The lowest BCUT2D eigenvalue weighted by molar-refractivity contribution is 0.0984. The number of nitrogens with one attached hydrogen (secondary N) is 1. The number of aromatic nitrogens is 1. The summed E-state index contributed by atoms with van der Waals surface area (Å²) >= 11 is 6.09. The number of hydrogen-bond donors (Lipinski definition) is 1. The SMILES string of the molecule is COc1ccc(Cl)cc1Nc1ccnc(C(=O)N2CCc3ccccc32)c1. The summed E-state index contributed by atoms with van der Waals surface area (Å²) in [5.41, 5.74) is 3.99. The van der Waals surface area contributed by atoms with Crippen LogP contribution in [-0.4, -0.2) is 24.5 Å². The summed E-state index contributed by atoms with van der Waals surface area (Å²) in [5.74, 6) is 0.555. The second kappa shape index (κ2) is 7.29. The van der Waals surface area contributed by atoms with Gasteiger partial charge in [0.15, 0.2) is 0 Å². The molecule has 6 heteroatoms. The van der Waals surface area contributed by atoms with Gasteiger partial charge in [-0.25, -0.2) is 0 Å². The van der Waals surface area contributed by atoms with Crippen molar-refractivity contribution in [1.29, 1.82) is 0 Å². The van der Waals surface area contributed by atoms with Crippen molar-refractivity contribution >= 4 is 34.6 Å². The Kier molecular flexibility index (Phi) is 4.69. The molecule has 0 saturated carbocycles. The Hall–Kier alpha value is -3.05. The molecule has 0 unspecified atom stereocenters. The molecule has 0 radical (unpaired) electrons. The lowest BCUT2D eigenvalue weighted by Gasteiger charge is -2.17. The zero-order valence-electron chi connectivity index (χ0n) is 14.8. The molecule has 0 aliphatic carbocycles. The van der Waals surface area contributed by atoms with Crippen molar-refractivity contribution in [3.05, 3.63) is 77.1 Å². The minimum atomic E-state index is -0.110. The van der Waals surface area contributed by atoms with Crippen LogP contribution in [-0.2, 0) is 6.42 Å². The summed E-state index contributed by atoms with van der Waals surface area (Å²) in [4.78, 5) is 19.0. The Bertz CT molecular complexity index is 1010. The van der Waals surface area contributed by atoms with Crippen LogP contribution in [0.15, 0.2) is 60.8 Å². The highest BCUT2D eigenvalue weighted by molar-refractivity contribution is 6.31. The standard InChI is InChI=1S/C21H18ClN3O2/c1-27-20-7-6-15(22)12-17(20)24-16-8-10-23-18(13-16)21(26)25-11-9-14-4-2-3-5-19(14)25/h2-8,10,12-13H,9,11H2,1H3,(H,23,24). The lowest BCUT2D eigenvalue weighted by atomic mass is 10.2. The fourth-order valence-electron chi connectivity index (χ4n) is 3.25. The van der Waals surface area contributed by atoms with Gasteiger partial charge in [-0.2, -0.15) is 0 Å². The van der Waals surface area contributed by atoms with Crippen LogP contribution in [0.3, 0.4) is 0 Å². The smallest absolute Gasteiger partial charge is 0.276 e. The molecule has 5 nitrogen and oxygen atoms in total. The Morgan fingerprint density at radius 3 is 2.89 bits per heavy atom. The third kappa shape index (κ3) is 3.46. The summed E-state index contributed by atoms with van der Waals surface area (Å²) in [7, 11) is 1.60. The van der Waals surface area contributed by atoms with Crippen molar-refractivity contribution in [2.45, 2.75) is 6.42 Å². The maximum absolute atomic E-state index is 13.0. The molecule has 1 aliphatic heterocycles. The molecule has 2 heterocycles. The number of rotatable bonds is 4. The summed E-state index contributed by atoms with van der Waals surface area (Å²) in [6.07, 6.45) is 2.48. The van der Waals surface area contributed by atoms with Crippen molar-refractivity contribution in [2.75, 3.05) is 23.9 Å². The first-order valence-electron chi connectivity index (χ1n) is 8.62. The van der Waals surface area contributed by atoms with Gasteiger partial charge in [0.25, 0.3) is 5.91 Å². The number of para-hydroxylation sites is 1. The van der Waals surface area contributed by atoms with E-state index in [1.807, 2.05) is 18.2 Å². The molecule has 0 fully saturated rings. The van der Waals surface area contributed by atoms with Crippen molar-refractivity contribution in [2.24, 2.45) is 0 Å². The number of halogens is 1. The van der Waals surface area contributed by atoms with Crippen LogP contribution in [0.4, 0.5) is 17.1 Å². The first-order valence-corrected chi connectivity index (χ1v) is 9.00. The molecule has 1 amide bonds. The lowest BCUT2D eigenvalue weighted by Crippen LogP contribution is -2.29. The van der Waals surface area contributed by atoms with Gasteiger partial charge >= 0.3 is 0 Å².